The van der Waals surface area contributed by atoms with Crippen LogP contribution < -0.4 is 10.6 Å². The number of benzene rings is 2. The Morgan fingerprint density at radius 1 is 0.793 bits per heavy atom. The lowest BCUT2D eigenvalue weighted by Gasteiger charge is -2.34. The third-order valence-electron chi connectivity index (χ3n) is 5.47. The summed E-state index contributed by atoms with van der Waals surface area (Å²) in [4.78, 5) is 28.8. The molecule has 2 aliphatic rings. The number of rotatable bonds is 7. The van der Waals surface area contributed by atoms with E-state index in [4.69, 9.17) is 0 Å². The van der Waals surface area contributed by atoms with Crippen LogP contribution in [0.4, 0.5) is 11.4 Å². The molecule has 6 nitrogen and oxygen atoms in total. The summed E-state index contributed by atoms with van der Waals surface area (Å²) in [6.45, 7) is 5.10. The number of amides is 2. The van der Waals surface area contributed by atoms with E-state index in [0.717, 1.165) is 56.9 Å². The van der Waals surface area contributed by atoms with Gasteiger partial charge < -0.3 is 10.6 Å². The minimum absolute atomic E-state index is 0.00345. The third-order valence-corrected chi connectivity index (χ3v) is 5.47. The maximum atomic E-state index is 12.4. The number of piperazine rings is 1. The van der Waals surface area contributed by atoms with Gasteiger partial charge in [-0.3, -0.25) is 19.4 Å². The number of nitrogens with zero attached hydrogens (tertiary/aromatic N) is 2. The Bertz CT molecular complexity index is 826. The zero-order valence-corrected chi connectivity index (χ0v) is 16.6. The van der Waals surface area contributed by atoms with Crippen LogP contribution in [-0.2, 0) is 16.1 Å². The Hall–Kier alpha value is -2.70. The van der Waals surface area contributed by atoms with Gasteiger partial charge in [-0.05, 0) is 42.7 Å². The minimum atomic E-state index is -0.00345. The summed E-state index contributed by atoms with van der Waals surface area (Å²) < 4.78 is 0. The summed E-state index contributed by atoms with van der Waals surface area (Å²) in [5.74, 6) is 0.270. The summed E-state index contributed by atoms with van der Waals surface area (Å²) in [7, 11) is 0. The molecule has 1 saturated carbocycles. The van der Waals surface area contributed by atoms with E-state index >= 15 is 0 Å². The van der Waals surface area contributed by atoms with E-state index in [1.807, 2.05) is 30.3 Å². The number of anilines is 2. The summed E-state index contributed by atoms with van der Waals surface area (Å²) >= 11 is 0. The molecule has 0 radical (unpaired) electrons. The predicted molar refractivity (Wildman–Crippen MR) is 115 cm³/mol. The fourth-order valence-corrected chi connectivity index (χ4v) is 3.58. The van der Waals surface area contributed by atoms with Gasteiger partial charge in [0.2, 0.25) is 11.8 Å². The molecular formula is C23H28N4O2. The van der Waals surface area contributed by atoms with Crippen molar-refractivity contribution in [1.29, 1.82) is 0 Å². The zero-order chi connectivity index (χ0) is 20.1. The fraction of sp³-hybridized carbons (Fsp3) is 0.391. The molecule has 2 amide bonds. The second kappa shape index (κ2) is 9.20. The van der Waals surface area contributed by atoms with Gasteiger partial charge in [-0.2, -0.15) is 0 Å². The molecular weight excluding hydrogens is 364 g/mol. The molecule has 152 valence electrons. The molecule has 6 heteroatoms. The average Bonchev–Trinajstić information content (AvgIpc) is 3.57. The van der Waals surface area contributed by atoms with E-state index in [9.17, 15) is 9.59 Å². The first-order valence-corrected chi connectivity index (χ1v) is 10.3. The number of carbonyl (C=O) groups excluding carboxylic acids is 2. The van der Waals surface area contributed by atoms with Gasteiger partial charge in [-0.25, -0.2) is 0 Å². The highest BCUT2D eigenvalue weighted by molar-refractivity contribution is 5.95. The zero-order valence-electron chi connectivity index (χ0n) is 16.6. The maximum Gasteiger partial charge on any atom is 0.238 e. The first-order chi connectivity index (χ1) is 14.2. The minimum Gasteiger partial charge on any atom is -0.326 e. The van der Waals surface area contributed by atoms with Gasteiger partial charge in [0.25, 0.3) is 0 Å². The van der Waals surface area contributed by atoms with Crippen LogP contribution in [0.25, 0.3) is 0 Å². The second-order valence-electron chi connectivity index (χ2n) is 7.93. The summed E-state index contributed by atoms with van der Waals surface area (Å²) in [6.07, 6.45) is 1.97. The highest BCUT2D eigenvalue weighted by atomic mass is 16.2. The molecule has 2 aromatic rings. The summed E-state index contributed by atoms with van der Waals surface area (Å²) in [6, 6.07) is 17.8. The standard InChI is InChI=1S/C23H28N4O2/c28-22(24-20-8-10-21(11-9-20)25-23(29)19-6-7-19)17-27-14-12-26(13-15-27)16-18-4-2-1-3-5-18/h1-5,8-11,19H,6-7,12-17H2,(H,24,28)(H,25,29). The third kappa shape index (κ3) is 5.89. The SMILES string of the molecule is O=C(CN1CCN(Cc2ccccc2)CC1)Nc1ccc(NC(=O)C2CC2)cc1. The first-order valence-electron chi connectivity index (χ1n) is 10.3. The molecule has 1 aliphatic heterocycles. The van der Waals surface area contributed by atoms with E-state index in [1.165, 1.54) is 5.56 Å². The van der Waals surface area contributed by atoms with Crippen LogP contribution in [0.1, 0.15) is 18.4 Å². The Labute approximate surface area is 171 Å². The first kappa shape index (κ1) is 19.6. The quantitative estimate of drug-likeness (QED) is 0.761. The van der Waals surface area contributed by atoms with Crippen LogP contribution in [0.15, 0.2) is 54.6 Å². The van der Waals surface area contributed by atoms with Crippen LogP contribution in [0, 0.1) is 5.92 Å². The molecule has 4 rings (SSSR count). The maximum absolute atomic E-state index is 12.4. The van der Waals surface area contributed by atoms with E-state index < -0.39 is 0 Å². The molecule has 2 N–H and O–H groups in total. The van der Waals surface area contributed by atoms with Crippen molar-refractivity contribution >= 4 is 23.2 Å². The van der Waals surface area contributed by atoms with Gasteiger partial charge in [0, 0.05) is 50.0 Å². The van der Waals surface area contributed by atoms with Gasteiger partial charge >= 0.3 is 0 Å². The van der Waals surface area contributed by atoms with Gasteiger partial charge in [0.15, 0.2) is 0 Å². The molecule has 0 spiro atoms. The van der Waals surface area contributed by atoms with E-state index in [2.05, 4.69) is 44.7 Å². The second-order valence-corrected chi connectivity index (χ2v) is 7.93. The van der Waals surface area contributed by atoms with Crippen LogP contribution in [-0.4, -0.2) is 54.3 Å². The van der Waals surface area contributed by atoms with Crippen molar-refractivity contribution in [3.63, 3.8) is 0 Å². The number of carbonyl (C=O) groups is 2. The van der Waals surface area contributed by atoms with Crippen molar-refractivity contribution in [3.05, 3.63) is 60.2 Å². The lowest BCUT2D eigenvalue weighted by Crippen LogP contribution is -2.48. The van der Waals surface area contributed by atoms with Crippen LogP contribution in [0.5, 0.6) is 0 Å². The van der Waals surface area contributed by atoms with Crippen LogP contribution in [0.3, 0.4) is 0 Å². The lowest BCUT2D eigenvalue weighted by atomic mass is 10.2. The Kier molecular flexibility index (Phi) is 6.22. The van der Waals surface area contributed by atoms with Crippen LogP contribution in [0.2, 0.25) is 0 Å². The van der Waals surface area contributed by atoms with Gasteiger partial charge in [0.05, 0.1) is 6.54 Å². The molecule has 2 fully saturated rings. The molecule has 1 heterocycles. The molecule has 0 unspecified atom stereocenters. The molecule has 1 aliphatic carbocycles. The number of hydrogen-bond acceptors (Lipinski definition) is 4. The van der Waals surface area contributed by atoms with E-state index in [1.54, 1.807) is 0 Å². The smallest absolute Gasteiger partial charge is 0.238 e. The fourth-order valence-electron chi connectivity index (χ4n) is 3.58. The van der Waals surface area contributed by atoms with Crippen molar-refractivity contribution in [3.8, 4) is 0 Å². The van der Waals surface area contributed by atoms with Crippen LogP contribution >= 0.6 is 0 Å². The predicted octanol–water partition coefficient (Wildman–Crippen LogP) is 2.79. The van der Waals surface area contributed by atoms with Crippen molar-refractivity contribution in [1.82, 2.24) is 9.80 Å². The topological polar surface area (TPSA) is 64.7 Å². The molecule has 0 bridgehead atoms. The van der Waals surface area contributed by atoms with Gasteiger partial charge in [-0.1, -0.05) is 30.3 Å². The molecule has 2 aromatic carbocycles. The Balaban J connectivity index is 1.18. The van der Waals surface area contributed by atoms with Gasteiger partial charge in [0.1, 0.15) is 0 Å². The number of hydrogen-bond donors (Lipinski definition) is 2. The molecule has 1 saturated heterocycles. The molecule has 0 aromatic heterocycles. The molecule has 0 atom stereocenters. The summed E-state index contributed by atoms with van der Waals surface area (Å²) in [5.41, 5.74) is 2.85. The lowest BCUT2D eigenvalue weighted by molar-refractivity contribution is -0.118. The highest BCUT2D eigenvalue weighted by Gasteiger charge is 2.29. The molecule has 29 heavy (non-hydrogen) atoms. The van der Waals surface area contributed by atoms with Crippen molar-refractivity contribution in [2.24, 2.45) is 5.92 Å². The monoisotopic (exact) mass is 392 g/mol. The van der Waals surface area contributed by atoms with Gasteiger partial charge in [-0.15, -0.1) is 0 Å². The highest BCUT2D eigenvalue weighted by Crippen LogP contribution is 2.30. The van der Waals surface area contributed by atoms with Crippen molar-refractivity contribution in [2.45, 2.75) is 19.4 Å². The van der Waals surface area contributed by atoms with Crippen molar-refractivity contribution < 1.29 is 9.59 Å². The van der Waals surface area contributed by atoms with Crippen molar-refractivity contribution in [2.75, 3.05) is 43.4 Å². The van der Waals surface area contributed by atoms with E-state index in [0.29, 0.717) is 6.54 Å². The Morgan fingerprint density at radius 3 is 2.00 bits per heavy atom. The normalized spacial score (nSPS) is 17.7. The largest absolute Gasteiger partial charge is 0.326 e. The summed E-state index contributed by atoms with van der Waals surface area (Å²) in [5, 5.41) is 5.86. The average molecular weight is 393 g/mol. The Morgan fingerprint density at radius 2 is 1.38 bits per heavy atom. The number of nitrogens with one attached hydrogen (secondary N) is 2. The van der Waals surface area contributed by atoms with E-state index in [-0.39, 0.29) is 17.7 Å².